The number of amides is 1. The molecular formula is C15H28N4O2. The van der Waals surface area contributed by atoms with Crippen LogP contribution in [-0.2, 0) is 6.42 Å². The minimum Gasteiger partial charge on any atom is -0.395 e. The van der Waals surface area contributed by atoms with Crippen LogP contribution < -0.4 is 5.73 Å². The van der Waals surface area contributed by atoms with Gasteiger partial charge in [0.05, 0.1) is 18.0 Å². The topological polar surface area (TPSA) is 95.2 Å². The van der Waals surface area contributed by atoms with Gasteiger partial charge in [-0.1, -0.05) is 39.5 Å². The fraction of sp³-hybridized carbons (Fsp3) is 0.733. The van der Waals surface area contributed by atoms with Crippen LogP contribution in [0.3, 0.4) is 0 Å². The number of nitrogens with two attached hydrogens (primary N) is 1. The molecule has 0 aliphatic carbocycles. The summed E-state index contributed by atoms with van der Waals surface area (Å²) in [6.45, 7) is 5.10. The molecule has 0 fully saturated rings. The smallest absolute Gasteiger partial charge is 0.276 e. The number of rotatable bonds is 10. The summed E-state index contributed by atoms with van der Waals surface area (Å²) in [5.74, 6) is -0.198. The molecule has 0 aliphatic rings. The van der Waals surface area contributed by atoms with Crippen molar-refractivity contribution in [1.82, 2.24) is 15.1 Å². The van der Waals surface area contributed by atoms with Gasteiger partial charge < -0.3 is 15.7 Å². The molecule has 1 heterocycles. The van der Waals surface area contributed by atoms with Crippen LogP contribution in [0.15, 0.2) is 0 Å². The van der Waals surface area contributed by atoms with E-state index >= 15 is 0 Å². The molecule has 21 heavy (non-hydrogen) atoms. The van der Waals surface area contributed by atoms with Gasteiger partial charge in [-0.25, -0.2) is 0 Å². The van der Waals surface area contributed by atoms with Crippen molar-refractivity contribution in [1.29, 1.82) is 0 Å². The number of aryl methyl sites for hydroxylation is 1. The predicted molar refractivity (Wildman–Crippen MR) is 84.1 cm³/mol. The maximum atomic E-state index is 12.5. The molecular weight excluding hydrogens is 268 g/mol. The molecule has 0 aliphatic heterocycles. The number of aliphatic hydroxyl groups excluding tert-OH is 1. The van der Waals surface area contributed by atoms with Crippen LogP contribution in [-0.4, -0.2) is 45.8 Å². The van der Waals surface area contributed by atoms with Gasteiger partial charge >= 0.3 is 0 Å². The maximum absolute atomic E-state index is 12.5. The van der Waals surface area contributed by atoms with Crippen molar-refractivity contribution in [2.75, 3.05) is 25.4 Å². The molecule has 120 valence electrons. The van der Waals surface area contributed by atoms with Gasteiger partial charge in [-0.3, -0.25) is 9.89 Å². The highest BCUT2D eigenvalue weighted by Crippen LogP contribution is 2.18. The number of nitrogens with one attached hydrogen (secondary N) is 1. The number of carbonyl (C=O) groups is 1. The van der Waals surface area contributed by atoms with Gasteiger partial charge in [0.25, 0.3) is 5.91 Å². The largest absolute Gasteiger partial charge is 0.395 e. The summed E-state index contributed by atoms with van der Waals surface area (Å²) in [7, 11) is 0. The van der Waals surface area contributed by atoms with Crippen molar-refractivity contribution in [2.45, 2.75) is 52.4 Å². The van der Waals surface area contributed by atoms with Crippen molar-refractivity contribution in [3.05, 3.63) is 11.4 Å². The highest BCUT2D eigenvalue weighted by atomic mass is 16.3. The first kappa shape index (κ1) is 17.5. The lowest BCUT2D eigenvalue weighted by Crippen LogP contribution is -2.35. The quantitative estimate of drug-likeness (QED) is 0.575. The number of aliphatic hydroxyl groups is 1. The Kier molecular flexibility index (Phi) is 7.82. The summed E-state index contributed by atoms with van der Waals surface area (Å²) in [6, 6.07) is 0. The number of hydrogen-bond donors (Lipinski definition) is 3. The number of nitrogen functional groups attached to an aromatic ring is 1. The molecule has 0 bridgehead atoms. The van der Waals surface area contributed by atoms with Gasteiger partial charge in [0.1, 0.15) is 0 Å². The van der Waals surface area contributed by atoms with Crippen LogP contribution in [0.5, 0.6) is 0 Å². The number of unbranched alkanes of at least 4 members (excludes halogenated alkanes) is 3. The minimum atomic E-state index is -0.198. The van der Waals surface area contributed by atoms with Gasteiger partial charge in [-0.05, 0) is 12.8 Å². The Morgan fingerprint density at radius 2 is 2.00 bits per heavy atom. The number of aromatic amines is 1. The monoisotopic (exact) mass is 296 g/mol. The Morgan fingerprint density at radius 1 is 1.24 bits per heavy atom. The summed E-state index contributed by atoms with van der Waals surface area (Å²) in [4.78, 5) is 14.1. The van der Waals surface area contributed by atoms with Gasteiger partial charge in [0, 0.05) is 13.1 Å². The van der Waals surface area contributed by atoms with Crippen molar-refractivity contribution in [2.24, 2.45) is 0 Å². The Labute approximate surface area is 126 Å². The van der Waals surface area contributed by atoms with E-state index in [1.807, 2.05) is 6.92 Å². The van der Waals surface area contributed by atoms with Crippen molar-refractivity contribution in [3.63, 3.8) is 0 Å². The lowest BCUT2D eigenvalue weighted by molar-refractivity contribution is 0.0713. The number of hydrogen-bond acceptors (Lipinski definition) is 4. The molecule has 0 saturated heterocycles. The van der Waals surface area contributed by atoms with Crippen LogP contribution in [0, 0.1) is 0 Å². The van der Waals surface area contributed by atoms with E-state index in [0.717, 1.165) is 44.2 Å². The van der Waals surface area contributed by atoms with Gasteiger partial charge in [0.15, 0.2) is 5.69 Å². The first-order chi connectivity index (χ1) is 10.2. The standard InChI is InChI=1S/C15H28N4O2/c1-3-5-6-7-9-19(10-11-20)15(21)14-13(16)12(8-4-2)17-18-14/h20H,3-11,16H2,1-2H3,(H,17,18). The maximum Gasteiger partial charge on any atom is 0.276 e. The molecule has 0 aromatic carbocycles. The highest BCUT2D eigenvalue weighted by Gasteiger charge is 2.22. The fourth-order valence-electron chi connectivity index (χ4n) is 2.31. The summed E-state index contributed by atoms with van der Waals surface area (Å²) in [5, 5.41) is 16.0. The Balaban J connectivity index is 2.71. The number of nitrogens with zero attached hydrogens (tertiary/aromatic N) is 2. The average Bonchev–Trinajstić information content (AvgIpc) is 2.83. The molecule has 1 amide bonds. The van der Waals surface area contributed by atoms with Gasteiger partial charge in [-0.2, -0.15) is 5.10 Å². The van der Waals surface area contributed by atoms with E-state index < -0.39 is 0 Å². The van der Waals surface area contributed by atoms with E-state index in [9.17, 15) is 4.79 Å². The van der Waals surface area contributed by atoms with E-state index in [1.54, 1.807) is 4.90 Å². The molecule has 6 nitrogen and oxygen atoms in total. The average molecular weight is 296 g/mol. The van der Waals surface area contributed by atoms with Crippen molar-refractivity contribution in [3.8, 4) is 0 Å². The van der Waals surface area contributed by atoms with E-state index in [-0.39, 0.29) is 18.2 Å². The van der Waals surface area contributed by atoms with Crippen LogP contribution in [0.25, 0.3) is 0 Å². The summed E-state index contributed by atoms with van der Waals surface area (Å²) >= 11 is 0. The third-order valence-electron chi connectivity index (χ3n) is 3.52. The number of aromatic nitrogens is 2. The van der Waals surface area contributed by atoms with Crippen molar-refractivity contribution < 1.29 is 9.90 Å². The van der Waals surface area contributed by atoms with Crippen LogP contribution in [0.2, 0.25) is 0 Å². The minimum absolute atomic E-state index is 0.0499. The van der Waals surface area contributed by atoms with E-state index in [1.165, 1.54) is 0 Å². The first-order valence-electron chi connectivity index (χ1n) is 7.88. The molecule has 1 rings (SSSR count). The molecule has 4 N–H and O–H groups in total. The third-order valence-corrected chi connectivity index (χ3v) is 3.52. The fourth-order valence-corrected chi connectivity index (χ4v) is 2.31. The molecule has 6 heteroatoms. The highest BCUT2D eigenvalue weighted by molar-refractivity contribution is 5.97. The number of anilines is 1. The zero-order valence-corrected chi connectivity index (χ0v) is 13.2. The second-order valence-corrected chi connectivity index (χ2v) is 5.29. The molecule has 0 spiro atoms. The predicted octanol–water partition coefficient (Wildman–Crippen LogP) is 1.96. The van der Waals surface area contributed by atoms with Gasteiger partial charge in [0.2, 0.25) is 0 Å². The van der Waals surface area contributed by atoms with Crippen LogP contribution in [0.4, 0.5) is 5.69 Å². The number of H-pyrrole nitrogens is 1. The Bertz CT molecular complexity index is 431. The SMILES string of the molecule is CCCCCCN(CCO)C(=O)c1n[nH]c(CCC)c1N. The molecule has 0 saturated carbocycles. The second-order valence-electron chi connectivity index (χ2n) is 5.29. The molecule has 1 aromatic heterocycles. The van der Waals surface area contributed by atoms with E-state index in [0.29, 0.717) is 18.8 Å². The zero-order chi connectivity index (χ0) is 15.7. The van der Waals surface area contributed by atoms with Crippen molar-refractivity contribution >= 4 is 11.6 Å². The Hall–Kier alpha value is -1.56. The third kappa shape index (κ3) is 5.04. The number of carbonyl (C=O) groups excluding carboxylic acids is 1. The normalized spacial score (nSPS) is 10.8. The lowest BCUT2D eigenvalue weighted by atomic mass is 10.1. The van der Waals surface area contributed by atoms with Crippen LogP contribution in [0.1, 0.15) is 62.1 Å². The summed E-state index contributed by atoms with van der Waals surface area (Å²) < 4.78 is 0. The first-order valence-corrected chi connectivity index (χ1v) is 7.88. The van der Waals surface area contributed by atoms with Crippen LogP contribution >= 0.6 is 0 Å². The molecule has 0 unspecified atom stereocenters. The second kappa shape index (κ2) is 9.39. The van der Waals surface area contributed by atoms with E-state index in [2.05, 4.69) is 17.1 Å². The molecule has 1 aromatic rings. The lowest BCUT2D eigenvalue weighted by Gasteiger charge is -2.21. The molecule has 0 radical (unpaired) electrons. The Morgan fingerprint density at radius 3 is 2.62 bits per heavy atom. The summed E-state index contributed by atoms with van der Waals surface area (Å²) in [5.41, 5.74) is 7.54. The van der Waals surface area contributed by atoms with Gasteiger partial charge in [-0.15, -0.1) is 0 Å². The zero-order valence-electron chi connectivity index (χ0n) is 13.2. The molecule has 0 atom stereocenters. The summed E-state index contributed by atoms with van der Waals surface area (Å²) in [6.07, 6.45) is 6.06. The van der Waals surface area contributed by atoms with E-state index in [4.69, 9.17) is 10.8 Å².